The maximum Gasteiger partial charge on any atom is 0.337 e. The Morgan fingerprint density at radius 2 is 1.82 bits per heavy atom. The number of hydrogen-bond acceptors (Lipinski definition) is 10. The summed E-state index contributed by atoms with van der Waals surface area (Å²) in [6.07, 6.45) is 23.3. The molecule has 286 valence electrons. The minimum absolute atomic E-state index is 0.0485. The van der Waals surface area contributed by atoms with Crippen LogP contribution in [0.15, 0.2) is 84.5 Å². The van der Waals surface area contributed by atoms with E-state index in [1.807, 2.05) is 12.2 Å². The summed E-state index contributed by atoms with van der Waals surface area (Å²) in [4.78, 5) is 29.9. The lowest BCUT2D eigenvalue weighted by molar-refractivity contribution is -0.384. The van der Waals surface area contributed by atoms with Crippen molar-refractivity contribution < 1.29 is 43.7 Å². The number of nitrogens with zero attached hydrogens (tertiary/aromatic N) is 1. The molecule has 2 N–H and O–H groups in total. The number of hydrogen-bond donors (Lipinski definition) is 2. The molecule has 2 aliphatic heterocycles. The van der Waals surface area contributed by atoms with Gasteiger partial charge in [-0.15, -0.1) is 0 Å². The van der Waals surface area contributed by atoms with Gasteiger partial charge in [0.15, 0.2) is 0 Å². The smallest absolute Gasteiger partial charge is 0.337 e. The maximum absolute atomic E-state index is 10.9. The number of nitro groups is 1. The topological polar surface area (TPSA) is 155 Å². The highest BCUT2D eigenvalue weighted by molar-refractivity contribution is 5.89. The van der Waals surface area contributed by atoms with Crippen molar-refractivity contribution in [1.29, 1.82) is 0 Å². The first-order chi connectivity index (χ1) is 24.5. The van der Waals surface area contributed by atoms with Crippen molar-refractivity contribution in [2.75, 3.05) is 34.5 Å². The number of allylic oxidation sites excluding steroid dienone is 3. The van der Waals surface area contributed by atoms with Crippen LogP contribution in [0.3, 0.4) is 0 Å². The lowest BCUT2D eigenvalue weighted by atomic mass is 9.92. The van der Waals surface area contributed by atoms with E-state index in [0.29, 0.717) is 24.2 Å². The number of nitro benzene ring substituents is 1. The van der Waals surface area contributed by atoms with Gasteiger partial charge >= 0.3 is 5.97 Å². The van der Waals surface area contributed by atoms with Gasteiger partial charge in [-0.1, -0.05) is 73.9 Å². The van der Waals surface area contributed by atoms with E-state index in [-0.39, 0.29) is 17.9 Å². The molecule has 1 aromatic rings. The predicted molar refractivity (Wildman–Crippen MR) is 202 cm³/mol. The van der Waals surface area contributed by atoms with Gasteiger partial charge in [0.05, 0.1) is 55.2 Å². The Kier molecular flexibility index (Phi) is 27.7. The number of carbonyl (C=O) groups is 2. The highest BCUT2D eigenvalue weighted by atomic mass is 16.6. The normalized spacial score (nSPS) is 18.4. The van der Waals surface area contributed by atoms with Crippen molar-refractivity contribution >= 4 is 17.9 Å². The highest BCUT2D eigenvalue weighted by Gasteiger charge is 2.18. The molecular formula is C40H61NO10. The molecule has 3 rings (SSSR count). The molecule has 0 aliphatic carbocycles. The summed E-state index contributed by atoms with van der Waals surface area (Å²) in [5.41, 5.74) is 2.94. The van der Waals surface area contributed by atoms with Crippen molar-refractivity contribution in [3.8, 4) is 0 Å². The van der Waals surface area contributed by atoms with Crippen LogP contribution in [0.25, 0.3) is 0 Å². The fourth-order valence-electron chi connectivity index (χ4n) is 5.37. The molecule has 51 heavy (non-hydrogen) atoms. The molecular weight excluding hydrogens is 654 g/mol. The summed E-state index contributed by atoms with van der Waals surface area (Å²) in [7, 11) is 3.94. The fourth-order valence-corrected chi connectivity index (χ4v) is 5.37. The quantitative estimate of drug-likeness (QED) is 0.0312. The van der Waals surface area contributed by atoms with Crippen molar-refractivity contribution in [2.45, 2.75) is 103 Å². The molecule has 11 heteroatoms. The van der Waals surface area contributed by atoms with Crippen LogP contribution in [0, 0.1) is 16.0 Å². The van der Waals surface area contributed by atoms with E-state index in [1.54, 1.807) is 20.1 Å². The van der Waals surface area contributed by atoms with Crippen LogP contribution in [0.4, 0.5) is 5.69 Å². The largest absolute Gasteiger partial charge is 0.465 e. The number of aliphatic hydroxyl groups excluding tert-OH is 2. The first kappa shape index (κ1) is 47.3. The van der Waals surface area contributed by atoms with Crippen molar-refractivity contribution in [1.82, 2.24) is 0 Å². The fraction of sp³-hybridized carbons (Fsp3) is 0.550. The molecule has 0 aromatic heterocycles. The molecule has 2 heterocycles. The molecule has 5 atom stereocenters. The van der Waals surface area contributed by atoms with Crippen molar-refractivity contribution in [2.24, 2.45) is 5.92 Å². The summed E-state index contributed by atoms with van der Waals surface area (Å²) in [5, 5.41) is 27.7. The maximum atomic E-state index is 10.9. The van der Waals surface area contributed by atoms with Crippen LogP contribution in [0.2, 0.25) is 0 Å². The van der Waals surface area contributed by atoms with Crippen molar-refractivity contribution in [3.63, 3.8) is 0 Å². The molecule has 0 amide bonds. The van der Waals surface area contributed by atoms with E-state index >= 15 is 0 Å². The molecule has 0 spiro atoms. The van der Waals surface area contributed by atoms with Crippen LogP contribution in [0.1, 0.15) is 88.9 Å². The summed E-state index contributed by atoms with van der Waals surface area (Å²) in [5.74, 6) is 0.117. The highest BCUT2D eigenvalue weighted by Crippen LogP contribution is 2.24. The minimum Gasteiger partial charge on any atom is -0.465 e. The summed E-state index contributed by atoms with van der Waals surface area (Å²) in [6.45, 7) is 11.9. The van der Waals surface area contributed by atoms with E-state index in [9.17, 15) is 24.8 Å². The molecule has 2 aliphatic rings. The van der Waals surface area contributed by atoms with E-state index in [1.165, 1.54) is 48.6 Å². The van der Waals surface area contributed by atoms with Gasteiger partial charge in [-0.2, -0.15) is 0 Å². The van der Waals surface area contributed by atoms with Crippen LogP contribution in [0.5, 0.6) is 0 Å². The third kappa shape index (κ3) is 22.6. The second-order valence-electron chi connectivity index (χ2n) is 12.3. The number of methoxy groups -OCH3 is 2. The number of aldehydes is 1. The predicted octanol–water partition coefficient (Wildman–Crippen LogP) is 7.67. The third-order valence-corrected chi connectivity index (χ3v) is 8.06. The number of ether oxygens (including phenoxy) is 4. The number of esters is 1. The Morgan fingerprint density at radius 3 is 2.35 bits per heavy atom. The molecule has 11 nitrogen and oxygen atoms in total. The van der Waals surface area contributed by atoms with E-state index in [2.05, 4.69) is 43.4 Å². The Balaban J connectivity index is 0.00000102. The van der Waals surface area contributed by atoms with E-state index in [4.69, 9.17) is 19.3 Å². The van der Waals surface area contributed by atoms with Crippen LogP contribution in [-0.2, 0) is 23.7 Å². The second kappa shape index (κ2) is 29.9. The van der Waals surface area contributed by atoms with Gasteiger partial charge in [0, 0.05) is 26.4 Å². The summed E-state index contributed by atoms with van der Waals surface area (Å²) < 4.78 is 21.4. The minimum atomic E-state index is -0.590. The number of unbranched alkanes of at least 4 members (excludes halogenated alkanes) is 2. The zero-order valence-electron chi connectivity index (χ0n) is 31.4. The standard InChI is InChI=1S/C27H44O4.C8H7NO4.C4H6O.CH4O/c1-21(18-23(3)20-24-11-8-9-16-30-24)10-6-5-7-12-27(29-4)26(28)14-13-25-19-22(2)15-17-31-25;1-13-8(10)6-2-4-7(5-3-6)9(11)12;1-2-3-4-5;1-2/h8-9,13-15,23-28H,1,5-7,10-12,16-20H2,2-4H3;2-5H,1H3;2-4H,1H3;2H,1H3/b14-13+;;3-2-;. The zero-order valence-corrected chi connectivity index (χ0v) is 31.4. The SMILES string of the molecule is C/C=C\C=O.C=C(CCCCCC(OC)C(O)/C=C/C1CC(C)=CCO1)CC(C)CC1CC=CCO1.CO.COC(=O)c1ccc([N+](=O)[O-])cc1. The molecule has 0 saturated heterocycles. The van der Waals surface area contributed by atoms with Gasteiger partial charge in [-0.25, -0.2) is 4.79 Å². The summed E-state index contributed by atoms with van der Waals surface area (Å²) >= 11 is 0. The van der Waals surface area contributed by atoms with Crippen molar-refractivity contribution in [3.05, 3.63) is 100 Å². The Labute approximate surface area is 304 Å². The van der Waals surface area contributed by atoms with Gasteiger partial charge in [0.1, 0.15) is 6.29 Å². The number of benzene rings is 1. The second-order valence-corrected chi connectivity index (χ2v) is 12.3. The lowest BCUT2D eigenvalue weighted by Gasteiger charge is -2.23. The van der Waals surface area contributed by atoms with Gasteiger partial charge in [0.25, 0.3) is 5.69 Å². The van der Waals surface area contributed by atoms with E-state index in [0.717, 1.165) is 77.8 Å². The molecule has 0 bridgehead atoms. The Morgan fingerprint density at radius 1 is 1.12 bits per heavy atom. The lowest BCUT2D eigenvalue weighted by Crippen LogP contribution is -2.27. The van der Waals surface area contributed by atoms with Gasteiger partial charge in [0.2, 0.25) is 0 Å². The molecule has 0 radical (unpaired) electrons. The number of non-ortho nitro benzene ring substituents is 1. The van der Waals surface area contributed by atoms with Gasteiger partial charge in [-0.3, -0.25) is 14.9 Å². The Bertz CT molecular complexity index is 1240. The number of rotatable bonds is 17. The number of aliphatic hydroxyl groups is 2. The molecule has 5 unspecified atom stereocenters. The molecule has 0 fully saturated rings. The molecule has 1 aromatic carbocycles. The monoisotopic (exact) mass is 715 g/mol. The van der Waals surface area contributed by atoms with Crippen LogP contribution in [-0.4, -0.2) is 86.4 Å². The van der Waals surface area contributed by atoms with Gasteiger partial charge in [-0.05, 0) is 82.9 Å². The Hall–Kier alpha value is -3.74. The average Bonchev–Trinajstić information content (AvgIpc) is 3.14. The van der Waals surface area contributed by atoms with E-state index < -0.39 is 17.0 Å². The summed E-state index contributed by atoms with van der Waals surface area (Å²) in [6, 6.07) is 5.21. The van der Waals surface area contributed by atoms with Gasteiger partial charge < -0.3 is 29.2 Å². The first-order valence-corrected chi connectivity index (χ1v) is 17.5. The third-order valence-electron chi connectivity index (χ3n) is 8.06. The zero-order chi connectivity index (χ0) is 38.4. The molecule has 0 saturated carbocycles. The first-order valence-electron chi connectivity index (χ1n) is 17.5. The van der Waals surface area contributed by atoms with Crippen LogP contribution >= 0.6 is 0 Å². The van der Waals surface area contributed by atoms with Crippen LogP contribution < -0.4 is 0 Å². The number of carbonyl (C=O) groups excluding carboxylic acids is 2. The average molecular weight is 716 g/mol.